The van der Waals surface area contributed by atoms with Crippen molar-refractivity contribution in [2.75, 3.05) is 13.2 Å². The highest BCUT2D eigenvalue weighted by Gasteiger charge is 2.37. The van der Waals surface area contributed by atoms with E-state index in [1.807, 2.05) is 0 Å². The van der Waals surface area contributed by atoms with E-state index in [-0.39, 0.29) is 6.61 Å². The van der Waals surface area contributed by atoms with E-state index < -0.39 is 37.0 Å². The molecule has 0 unspecified atom stereocenters. The summed E-state index contributed by atoms with van der Waals surface area (Å²) in [5.41, 5.74) is 0. The maximum Gasteiger partial charge on any atom is 0.329 e. The zero-order valence-corrected chi connectivity index (χ0v) is 7.79. The molecule has 0 saturated carbocycles. The summed E-state index contributed by atoms with van der Waals surface area (Å²) in [6.45, 7) is 1.14. The lowest BCUT2D eigenvalue weighted by Crippen LogP contribution is -2.53. The minimum atomic E-state index is -1.14. The van der Waals surface area contributed by atoms with Crippen molar-refractivity contribution in [1.82, 2.24) is 0 Å². The lowest BCUT2D eigenvalue weighted by molar-refractivity contribution is -0.202. The Kier molecular flexibility index (Phi) is 3.82. The van der Waals surface area contributed by atoms with Crippen LogP contribution >= 0.6 is 0 Å². The van der Waals surface area contributed by atoms with Crippen molar-refractivity contribution in [2.24, 2.45) is 0 Å². The zero-order valence-electron chi connectivity index (χ0n) is 7.79. The molecule has 1 fully saturated rings. The molecule has 0 radical (unpaired) electrons. The van der Waals surface area contributed by atoms with E-state index in [0.717, 1.165) is 0 Å². The van der Waals surface area contributed by atoms with Crippen LogP contribution < -0.4 is 0 Å². The molecule has 4 atom stereocenters. The molecule has 0 aromatic carbocycles. The van der Waals surface area contributed by atoms with Gasteiger partial charge in [-0.3, -0.25) is 0 Å². The van der Waals surface area contributed by atoms with Crippen LogP contribution in [0.15, 0.2) is 0 Å². The average molecular weight is 206 g/mol. The number of carboxylic acids is 1. The minimum absolute atomic E-state index is 0.0442. The molecule has 0 spiro atoms. The summed E-state index contributed by atoms with van der Waals surface area (Å²) in [6.07, 6.45) is -3.34. The number of aliphatic carboxylic acids is 1. The Balaban J connectivity index is 2.49. The van der Waals surface area contributed by atoms with E-state index in [2.05, 4.69) is 0 Å². The minimum Gasteiger partial charge on any atom is -0.480 e. The first-order valence-electron chi connectivity index (χ1n) is 4.33. The van der Waals surface area contributed by atoms with Crippen LogP contribution in [0.25, 0.3) is 0 Å². The maximum absolute atomic E-state index is 10.2. The Morgan fingerprint density at radius 1 is 1.57 bits per heavy atom. The van der Waals surface area contributed by atoms with E-state index in [9.17, 15) is 15.0 Å². The number of ether oxygens (including phenoxy) is 2. The number of aliphatic hydroxyl groups is 2. The molecule has 0 bridgehead atoms. The van der Waals surface area contributed by atoms with Crippen molar-refractivity contribution in [3.63, 3.8) is 0 Å². The van der Waals surface area contributed by atoms with Crippen molar-refractivity contribution < 1.29 is 29.6 Å². The van der Waals surface area contributed by atoms with Crippen molar-refractivity contribution >= 4 is 5.97 Å². The van der Waals surface area contributed by atoms with Crippen LogP contribution in [0.1, 0.15) is 6.92 Å². The van der Waals surface area contributed by atoms with E-state index in [1.54, 1.807) is 6.92 Å². The number of carboxylic acid groups (broad SMARTS) is 1. The Morgan fingerprint density at radius 3 is 2.79 bits per heavy atom. The molecule has 0 amide bonds. The van der Waals surface area contributed by atoms with Gasteiger partial charge in [-0.2, -0.15) is 0 Å². The lowest BCUT2D eigenvalue weighted by Gasteiger charge is -2.35. The molecule has 82 valence electrons. The van der Waals surface area contributed by atoms with Crippen LogP contribution in [0, 0.1) is 0 Å². The van der Waals surface area contributed by atoms with Crippen LogP contribution in [0.2, 0.25) is 0 Å². The third kappa shape index (κ3) is 2.65. The van der Waals surface area contributed by atoms with Gasteiger partial charge in [-0.25, -0.2) is 4.79 Å². The third-order valence-electron chi connectivity index (χ3n) is 2.13. The fourth-order valence-electron chi connectivity index (χ4n) is 1.32. The van der Waals surface area contributed by atoms with Crippen molar-refractivity contribution in [1.29, 1.82) is 0 Å². The number of aliphatic hydroxyl groups excluding tert-OH is 2. The third-order valence-corrected chi connectivity index (χ3v) is 2.13. The van der Waals surface area contributed by atoms with Gasteiger partial charge in [-0.1, -0.05) is 0 Å². The van der Waals surface area contributed by atoms with Gasteiger partial charge in [0, 0.05) is 0 Å². The summed E-state index contributed by atoms with van der Waals surface area (Å²) < 4.78 is 9.87. The quantitative estimate of drug-likeness (QED) is 0.525. The molecule has 1 aliphatic rings. The number of rotatable bonds is 3. The molecule has 1 rings (SSSR count). The Bertz CT molecular complexity index is 206. The number of hydrogen-bond donors (Lipinski definition) is 3. The van der Waals surface area contributed by atoms with Crippen LogP contribution in [-0.2, 0) is 14.3 Å². The first-order chi connectivity index (χ1) is 6.52. The van der Waals surface area contributed by atoms with Gasteiger partial charge in [0.2, 0.25) is 0 Å². The topological polar surface area (TPSA) is 96.2 Å². The molecule has 14 heavy (non-hydrogen) atoms. The van der Waals surface area contributed by atoms with Crippen molar-refractivity contribution in [3.8, 4) is 0 Å². The summed E-state index contributed by atoms with van der Waals surface area (Å²) in [7, 11) is 0. The van der Waals surface area contributed by atoms with Gasteiger partial charge in [-0.15, -0.1) is 0 Å². The van der Waals surface area contributed by atoms with Crippen molar-refractivity contribution in [2.45, 2.75) is 31.3 Å². The van der Waals surface area contributed by atoms with Gasteiger partial charge in [-0.05, 0) is 6.92 Å². The molecule has 6 nitrogen and oxygen atoms in total. The average Bonchev–Trinajstić information content (AvgIpc) is 2.11. The van der Waals surface area contributed by atoms with Crippen LogP contribution in [-0.4, -0.2) is 58.9 Å². The molecular formula is C8H14O6. The van der Waals surface area contributed by atoms with E-state index in [0.29, 0.717) is 0 Å². The summed E-state index contributed by atoms with van der Waals surface area (Å²) in [6, 6.07) is 0. The molecular weight excluding hydrogens is 192 g/mol. The molecule has 0 aromatic rings. The second-order valence-corrected chi connectivity index (χ2v) is 3.27. The Hall–Kier alpha value is -0.690. The first-order valence-corrected chi connectivity index (χ1v) is 4.33. The number of hydrogen-bond acceptors (Lipinski definition) is 5. The normalized spacial score (nSPS) is 38.2. The predicted octanol–water partition coefficient (Wildman–Crippen LogP) is -1.40. The molecule has 0 aromatic heterocycles. The second kappa shape index (κ2) is 4.70. The molecule has 1 aliphatic heterocycles. The molecule has 6 heteroatoms. The first kappa shape index (κ1) is 11.4. The molecule has 3 N–H and O–H groups in total. The van der Waals surface area contributed by atoms with Gasteiger partial charge in [0.15, 0.2) is 0 Å². The van der Waals surface area contributed by atoms with Crippen LogP contribution in [0.4, 0.5) is 0 Å². The monoisotopic (exact) mass is 206 g/mol. The highest BCUT2D eigenvalue weighted by molar-refractivity contribution is 5.68. The van der Waals surface area contributed by atoms with E-state index in [1.165, 1.54) is 0 Å². The largest absolute Gasteiger partial charge is 0.480 e. The Labute approximate surface area is 81.1 Å². The van der Waals surface area contributed by atoms with Gasteiger partial charge in [0.25, 0.3) is 0 Å². The smallest absolute Gasteiger partial charge is 0.329 e. The Morgan fingerprint density at radius 2 is 2.21 bits per heavy atom. The highest BCUT2D eigenvalue weighted by Crippen LogP contribution is 2.17. The fourth-order valence-corrected chi connectivity index (χ4v) is 1.32. The van der Waals surface area contributed by atoms with Gasteiger partial charge >= 0.3 is 5.97 Å². The number of carbonyl (C=O) groups is 1. The van der Waals surface area contributed by atoms with Gasteiger partial charge < -0.3 is 24.8 Å². The molecule has 0 aliphatic carbocycles. The van der Waals surface area contributed by atoms with Crippen molar-refractivity contribution in [3.05, 3.63) is 0 Å². The van der Waals surface area contributed by atoms with E-state index in [4.69, 9.17) is 14.6 Å². The van der Waals surface area contributed by atoms with Crippen LogP contribution in [0.3, 0.4) is 0 Å². The summed E-state index contributed by atoms with van der Waals surface area (Å²) in [5, 5.41) is 27.2. The zero-order chi connectivity index (χ0) is 10.7. The van der Waals surface area contributed by atoms with Crippen LogP contribution in [0.5, 0.6) is 0 Å². The van der Waals surface area contributed by atoms with Gasteiger partial charge in [0.1, 0.15) is 24.9 Å². The standard InChI is InChI=1S/C8H14O6/c1-4-7(12)8(5(9)2-13-4)14-3-6(10)11/h4-5,7-9,12H,2-3H2,1H3,(H,10,11)/t4-,5+,7+,8-/m1/s1. The summed E-state index contributed by atoms with van der Waals surface area (Å²) in [5.74, 6) is -1.14. The highest BCUT2D eigenvalue weighted by atomic mass is 16.6. The predicted molar refractivity (Wildman–Crippen MR) is 44.8 cm³/mol. The van der Waals surface area contributed by atoms with Gasteiger partial charge in [0.05, 0.1) is 12.7 Å². The summed E-state index contributed by atoms with van der Waals surface area (Å²) in [4.78, 5) is 10.2. The molecule has 1 saturated heterocycles. The SMILES string of the molecule is C[C@H]1OC[C@H](O)[C@@H](OCC(=O)O)[C@H]1O. The second-order valence-electron chi connectivity index (χ2n) is 3.27. The maximum atomic E-state index is 10.2. The molecule has 1 heterocycles. The summed E-state index contributed by atoms with van der Waals surface area (Å²) >= 11 is 0. The fraction of sp³-hybridized carbons (Fsp3) is 0.875. The lowest BCUT2D eigenvalue weighted by atomic mass is 10.0. The van der Waals surface area contributed by atoms with E-state index >= 15 is 0 Å².